The van der Waals surface area contributed by atoms with E-state index in [-0.39, 0.29) is 6.54 Å². The van der Waals surface area contributed by atoms with E-state index in [9.17, 15) is 18.0 Å². The predicted octanol–water partition coefficient (Wildman–Crippen LogP) is 3.02. The first-order chi connectivity index (χ1) is 9.86. The summed E-state index contributed by atoms with van der Waals surface area (Å²) in [6.07, 6.45) is -4.40. The number of nitrogens with one attached hydrogen (secondary N) is 1. The Labute approximate surface area is 119 Å². The van der Waals surface area contributed by atoms with Crippen LogP contribution < -0.4 is 11.1 Å². The van der Waals surface area contributed by atoms with Crippen LogP contribution in [0.2, 0.25) is 0 Å². The number of alkyl halides is 3. The molecule has 0 aliphatic carbocycles. The largest absolute Gasteiger partial charge is 0.416 e. The molecule has 0 aliphatic heterocycles. The average molecular weight is 293 g/mol. The molecular formula is C15H12F3N2O. The first-order valence-corrected chi connectivity index (χ1v) is 6.07. The van der Waals surface area contributed by atoms with Gasteiger partial charge in [0.1, 0.15) is 0 Å². The third-order valence-corrected chi connectivity index (χ3v) is 2.78. The van der Waals surface area contributed by atoms with E-state index in [1.807, 2.05) is 0 Å². The molecule has 109 valence electrons. The molecule has 0 aliphatic rings. The van der Waals surface area contributed by atoms with Crippen molar-refractivity contribution in [3.63, 3.8) is 0 Å². The van der Waals surface area contributed by atoms with E-state index in [0.29, 0.717) is 16.8 Å². The third-order valence-electron chi connectivity index (χ3n) is 2.78. The molecule has 2 aromatic carbocycles. The number of halogens is 3. The number of nitrogen functional groups attached to an aromatic ring is 1. The van der Waals surface area contributed by atoms with Crippen LogP contribution in [0.25, 0.3) is 0 Å². The molecule has 21 heavy (non-hydrogen) atoms. The first kappa shape index (κ1) is 14.9. The lowest BCUT2D eigenvalue weighted by atomic mass is 10.1. The first-order valence-electron chi connectivity index (χ1n) is 6.07. The average Bonchev–Trinajstić information content (AvgIpc) is 2.44. The molecular weight excluding hydrogens is 281 g/mol. The minimum atomic E-state index is -4.40. The Balaban J connectivity index is 2.05. The Bertz CT molecular complexity index is 653. The lowest BCUT2D eigenvalue weighted by molar-refractivity contribution is -0.137. The summed E-state index contributed by atoms with van der Waals surface area (Å²) in [5.74, 6) is -0.420. The van der Waals surface area contributed by atoms with Gasteiger partial charge in [0.15, 0.2) is 0 Å². The van der Waals surface area contributed by atoms with Crippen LogP contribution in [0.15, 0.2) is 42.5 Å². The normalized spacial score (nSPS) is 11.2. The maximum Gasteiger partial charge on any atom is 0.416 e. The number of hydrogen-bond acceptors (Lipinski definition) is 2. The number of carbonyl (C=O) groups excluding carboxylic acids is 1. The summed E-state index contributed by atoms with van der Waals surface area (Å²) in [6.45, 7) is -0.00243. The zero-order valence-corrected chi connectivity index (χ0v) is 10.9. The Morgan fingerprint density at radius 3 is 2.67 bits per heavy atom. The highest BCUT2D eigenvalue weighted by Crippen LogP contribution is 2.29. The molecule has 2 aromatic rings. The smallest absolute Gasteiger partial charge is 0.399 e. The number of hydrogen-bond donors (Lipinski definition) is 2. The van der Waals surface area contributed by atoms with Crippen LogP contribution in [-0.4, -0.2) is 5.91 Å². The molecule has 0 aromatic heterocycles. The van der Waals surface area contributed by atoms with Gasteiger partial charge in [-0.2, -0.15) is 13.2 Å². The summed E-state index contributed by atoms with van der Waals surface area (Å²) < 4.78 is 37.7. The van der Waals surface area contributed by atoms with Gasteiger partial charge in [-0.25, -0.2) is 0 Å². The van der Waals surface area contributed by atoms with Crippen molar-refractivity contribution in [3.8, 4) is 0 Å². The van der Waals surface area contributed by atoms with E-state index in [1.165, 1.54) is 30.3 Å². The van der Waals surface area contributed by atoms with Gasteiger partial charge in [-0.15, -0.1) is 0 Å². The lowest BCUT2D eigenvalue weighted by Crippen LogP contribution is -2.23. The van der Waals surface area contributed by atoms with Crippen molar-refractivity contribution in [1.82, 2.24) is 5.32 Å². The zero-order chi connectivity index (χ0) is 15.5. The highest BCUT2D eigenvalue weighted by atomic mass is 19.4. The number of anilines is 1. The maximum absolute atomic E-state index is 12.6. The van der Waals surface area contributed by atoms with E-state index in [0.717, 1.165) is 12.1 Å². The van der Waals surface area contributed by atoms with E-state index in [4.69, 9.17) is 5.73 Å². The number of benzene rings is 2. The Morgan fingerprint density at radius 2 is 2.00 bits per heavy atom. The molecule has 0 saturated carbocycles. The minimum Gasteiger partial charge on any atom is -0.399 e. The second kappa shape index (κ2) is 5.87. The highest BCUT2D eigenvalue weighted by molar-refractivity contribution is 5.94. The molecule has 0 bridgehead atoms. The molecule has 0 heterocycles. The van der Waals surface area contributed by atoms with Crippen LogP contribution in [0.4, 0.5) is 18.9 Å². The molecule has 3 N–H and O–H groups in total. The number of nitrogens with two attached hydrogens (primary N) is 1. The van der Waals surface area contributed by atoms with Crippen molar-refractivity contribution in [1.29, 1.82) is 0 Å². The van der Waals surface area contributed by atoms with Gasteiger partial charge in [0.05, 0.1) is 5.56 Å². The van der Waals surface area contributed by atoms with Crippen LogP contribution >= 0.6 is 0 Å². The zero-order valence-electron chi connectivity index (χ0n) is 10.9. The Morgan fingerprint density at radius 1 is 1.24 bits per heavy atom. The lowest BCUT2D eigenvalue weighted by Gasteiger charge is -2.10. The second-order valence-electron chi connectivity index (χ2n) is 4.44. The van der Waals surface area contributed by atoms with Crippen LogP contribution in [0.5, 0.6) is 0 Å². The van der Waals surface area contributed by atoms with Crippen molar-refractivity contribution in [3.05, 3.63) is 65.2 Å². The fourth-order valence-corrected chi connectivity index (χ4v) is 1.76. The topological polar surface area (TPSA) is 55.1 Å². The van der Waals surface area contributed by atoms with Gasteiger partial charge in [0.25, 0.3) is 5.91 Å². The molecule has 3 nitrogen and oxygen atoms in total. The number of carbonyl (C=O) groups is 1. The highest BCUT2D eigenvalue weighted by Gasteiger charge is 2.30. The van der Waals surface area contributed by atoms with Gasteiger partial charge < -0.3 is 11.1 Å². The van der Waals surface area contributed by atoms with Crippen LogP contribution in [0, 0.1) is 6.07 Å². The molecule has 1 amide bonds. The molecule has 2 rings (SSSR count). The molecule has 0 spiro atoms. The third kappa shape index (κ3) is 3.98. The summed E-state index contributed by atoms with van der Waals surface area (Å²) in [5.41, 5.74) is 5.86. The molecule has 0 saturated heterocycles. The molecule has 0 fully saturated rings. The van der Waals surface area contributed by atoms with E-state index in [2.05, 4.69) is 11.4 Å². The monoisotopic (exact) mass is 293 g/mol. The van der Waals surface area contributed by atoms with Gasteiger partial charge in [0, 0.05) is 17.8 Å². The van der Waals surface area contributed by atoms with Crippen molar-refractivity contribution in [2.75, 3.05) is 5.73 Å². The molecule has 0 unspecified atom stereocenters. The SMILES string of the molecule is Nc1c[c]cc(C(=O)NCc2cccc(C(F)(F)F)c2)c1. The van der Waals surface area contributed by atoms with E-state index in [1.54, 1.807) is 0 Å². The van der Waals surface area contributed by atoms with Gasteiger partial charge >= 0.3 is 6.18 Å². The standard InChI is InChI=1S/C15H12F3N2O/c16-15(17,18)12-5-1-3-10(7-12)9-20-14(21)11-4-2-6-13(19)8-11/h1,3-8H,9,19H2,(H,20,21). The van der Waals surface area contributed by atoms with Crippen LogP contribution in [-0.2, 0) is 12.7 Å². The fourth-order valence-electron chi connectivity index (χ4n) is 1.76. The molecule has 1 radical (unpaired) electrons. The summed E-state index contributed by atoms with van der Waals surface area (Å²) in [6, 6.07) is 12.0. The Hall–Kier alpha value is -2.50. The fraction of sp³-hybridized carbons (Fsp3) is 0.133. The van der Waals surface area contributed by atoms with Gasteiger partial charge in [-0.3, -0.25) is 4.79 Å². The van der Waals surface area contributed by atoms with Crippen LogP contribution in [0.1, 0.15) is 21.5 Å². The second-order valence-corrected chi connectivity index (χ2v) is 4.44. The van der Waals surface area contributed by atoms with Crippen LogP contribution in [0.3, 0.4) is 0 Å². The minimum absolute atomic E-state index is 0.00243. The van der Waals surface area contributed by atoms with Crippen molar-refractivity contribution in [2.45, 2.75) is 12.7 Å². The van der Waals surface area contributed by atoms with E-state index >= 15 is 0 Å². The van der Waals surface area contributed by atoms with Crippen molar-refractivity contribution >= 4 is 11.6 Å². The number of rotatable bonds is 3. The predicted molar refractivity (Wildman–Crippen MR) is 72.3 cm³/mol. The quantitative estimate of drug-likeness (QED) is 0.855. The summed E-state index contributed by atoms with van der Waals surface area (Å²) in [5, 5.41) is 2.54. The van der Waals surface area contributed by atoms with Gasteiger partial charge in [0.2, 0.25) is 0 Å². The summed E-state index contributed by atoms with van der Waals surface area (Å²) in [7, 11) is 0. The van der Waals surface area contributed by atoms with E-state index < -0.39 is 17.6 Å². The molecule has 6 heteroatoms. The molecule has 0 atom stereocenters. The maximum atomic E-state index is 12.6. The number of amides is 1. The summed E-state index contributed by atoms with van der Waals surface area (Å²) >= 11 is 0. The van der Waals surface area contributed by atoms with Gasteiger partial charge in [-0.1, -0.05) is 12.1 Å². The van der Waals surface area contributed by atoms with Crippen molar-refractivity contribution < 1.29 is 18.0 Å². The summed E-state index contributed by atoms with van der Waals surface area (Å²) in [4.78, 5) is 11.8. The van der Waals surface area contributed by atoms with Gasteiger partial charge in [-0.05, 0) is 42.0 Å². The Kier molecular flexibility index (Phi) is 4.16. The van der Waals surface area contributed by atoms with Crippen molar-refractivity contribution in [2.24, 2.45) is 0 Å².